The molecule has 0 atom stereocenters. The summed E-state index contributed by atoms with van der Waals surface area (Å²) in [7, 11) is 2.94. The van der Waals surface area contributed by atoms with Gasteiger partial charge in [0, 0.05) is 28.3 Å². The second kappa shape index (κ2) is 8.96. The molecule has 0 bridgehead atoms. The van der Waals surface area contributed by atoms with Gasteiger partial charge >= 0.3 is 5.97 Å². The lowest BCUT2D eigenvalue weighted by Crippen LogP contribution is -2.26. The Morgan fingerprint density at radius 2 is 1.52 bits per heavy atom. The molecule has 8 nitrogen and oxygen atoms in total. The maximum absolute atomic E-state index is 13.0. The van der Waals surface area contributed by atoms with Crippen molar-refractivity contribution in [2.45, 2.75) is 0 Å². The lowest BCUT2D eigenvalue weighted by Gasteiger charge is -2.19. The molecule has 0 aromatic heterocycles. The number of hydrogen-bond donors (Lipinski definition) is 1. The first-order valence-electron chi connectivity index (χ1n) is 9.95. The van der Waals surface area contributed by atoms with E-state index in [0.29, 0.717) is 17.2 Å². The zero-order valence-corrected chi connectivity index (χ0v) is 17.8. The SMILES string of the molecule is COc1ccc(OC)c(NC(=O)COC(=O)c2cccc3c2C(=O)c2ccccc2C3=O)c1. The van der Waals surface area contributed by atoms with Gasteiger partial charge in [-0.2, -0.15) is 0 Å². The molecule has 1 amide bonds. The quantitative estimate of drug-likeness (QED) is 0.454. The molecule has 1 aliphatic rings. The second-order valence-electron chi connectivity index (χ2n) is 7.12. The number of nitrogens with one attached hydrogen (secondary N) is 1. The normalized spacial score (nSPS) is 11.8. The van der Waals surface area contributed by atoms with Crippen LogP contribution in [0.5, 0.6) is 11.5 Å². The molecule has 1 aliphatic carbocycles. The third kappa shape index (κ3) is 4.06. The Bertz CT molecular complexity index is 1300. The van der Waals surface area contributed by atoms with Crippen molar-refractivity contribution in [1.29, 1.82) is 0 Å². The van der Waals surface area contributed by atoms with Gasteiger partial charge in [-0.3, -0.25) is 14.4 Å². The minimum absolute atomic E-state index is 0.0268. The van der Waals surface area contributed by atoms with Crippen LogP contribution in [0, 0.1) is 0 Å². The van der Waals surface area contributed by atoms with Gasteiger partial charge in [0.2, 0.25) is 0 Å². The highest BCUT2D eigenvalue weighted by Gasteiger charge is 2.33. The van der Waals surface area contributed by atoms with E-state index in [1.807, 2.05) is 0 Å². The van der Waals surface area contributed by atoms with Crippen LogP contribution in [-0.4, -0.2) is 44.3 Å². The molecule has 166 valence electrons. The average Bonchev–Trinajstić information content (AvgIpc) is 2.85. The molecular formula is C25H19NO7. The number of carbonyl (C=O) groups excluding carboxylic acids is 4. The van der Waals surface area contributed by atoms with Crippen LogP contribution in [-0.2, 0) is 9.53 Å². The summed E-state index contributed by atoms with van der Waals surface area (Å²) in [6, 6.07) is 15.7. The second-order valence-corrected chi connectivity index (χ2v) is 7.12. The Hall–Kier alpha value is -4.46. The van der Waals surface area contributed by atoms with E-state index in [1.165, 1.54) is 38.5 Å². The predicted molar refractivity (Wildman–Crippen MR) is 118 cm³/mol. The fourth-order valence-electron chi connectivity index (χ4n) is 3.62. The van der Waals surface area contributed by atoms with E-state index in [-0.39, 0.29) is 33.6 Å². The van der Waals surface area contributed by atoms with Gasteiger partial charge in [-0.15, -0.1) is 0 Å². The molecule has 4 rings (SSSR count). The highest BCUT2D eigenvalue weighted by Crippen LogP contribution is 2.30. The molecule has 3 aromatic rings. The average molecular weight is 445 g/mol. The van der Waals surface area contributed by atoms with E-state index in [0.717, 1.165) is 0 Å². The summed E-state index contributed by atoms with van der Waals surface area (Å²) in [5, 5.41) is 2.59. The van der Waals surface area contributed by atoms with Crippen LogP contribution in [0.25, 0.3) is 0 Å². The van der Waals surface area contributed by atoms with Crippen molar-refractivity contribution in [2.75, 3.05) is 26.1 Å². The smallest absolute Gasteiger partial charge is 0.339 e. The molecule has 0 saturated carbocycles. The Balaban J connectivity index is 1.52. The number of rotatable bonds is 6. The molecular weight excluding hydrogens is 426 g/mol. The highest BCUT2D eigenvalue weighted by atomic mass is 16.5. The lowest BCUT2D eigenvalue weighted by atomic mass is 9.82. The zero-order chi connectivity index (χ0) is 23.5. The van der Waals surface area contributed by atoms with Gasteiger partial charge in [0.15, 0.2) is 18.2 Å². The number of ether oxygens (including phenoxy) is 3. The van der Waals surface area contributed by atoms with Crippen molar-refractivity contribution in [1.82, 2.24) is 0 Å². The summed E-state index contributed by atoms with van der Waals surface area (Å²) in [4.78, 5) is 51.0. The van der Waals surface area contributed by atoms with Gasteiger partial charge in [0.05, 0.1) is 25.5 Å². The summed E-state index contributed by atoms with van der Waals surface area (Å²) in [5.41, 5.74) is 0.865. The van der Waals surface area contributed by atoms with Gasteiger partial charge in [0.25, 0.3) is 5.91 Å². The number of ketones is 2. The van der Waals surface area contributed by atoms with Crippen molar-refractivity contribution in [3.63, 3.8) is 0 Å². The molecule has 0 radical (unpaired) electrons. The van der Waals surface area contributed by atoms with Crippen LogP contribution >= 0.6 is 0 Å². The largest absolute Gasteiger partial charge is 0.497 e. The van der Waals surface area contributed by atoms with E-state index in [9.17, 15) is 19.2 Å². The molecule has 0 unspecified atom stereocenters. The van der Waals surface area contributed by atoms with E-state index >= 15 is 0 Å². The predicted octanol–water partition coefficient (Wildman–Crippen LogP) is 3.27. The maximum Gasteiger partial charge on any atom is 0.339 e. The Morgan fingerprint density at radius 1 is 0.818 bits per heavy atom. The zero-order valence-electron chi connectivity index (χ0n) is 17.8. The molecule has 3 aromatic carbocycles. The number of benzene rings is 3. The number of fused-ring (bicyclic) bond motifs is 2. The molecule has 8 heteroatoms. The number of anilines is 1. The lowest BCUT2D eigenvalue weighted by molar-refractivity contribution is -0.119. The molecule has 0 heterocycles. The van der Waals surface area contributed by atoms with Crippen molar-refractivity contribution >= 4 is 29.1 Å². The fraction of sp³-hybridized carbons (Fsp3) is 0.120. The van der Waals surface area contributed by atoms with Crippen LogP contribution in [0.15, 0.2) is 60.7 Å². The van der Waals surface area contributed by atoms with Crippen LogP contribution < -0.4 is 14.8 Å². The third-order valence-corrected chi connectivity index (χ3v) is 5.19. The minimum Gasteiger partial charge on any atom is -0.497 e. The molecule has 0 fully saturated rings. The summed E-state index contributed by atoms with van der Waals surface area (Å²) in [6.07, 6.45) is 0. The van der Waals surface area contributed by atoms with Crippen LogP contribution in [0.4, 0.5) is 5.69 Å². The Labute approximate surface area is 189 Å². The van der Waals surface area contributed by atoms with Gasteiger partial charge < -0.3 is 19.5 Å². The first-order valence-corrected chi connectivity index (χ1v) is 9.95. The Kier molecular flexibility index (Phi) is 5.91. The van der Waals surface area contributed by atoms with E-state index in [2.05, 4.69) is 5.32 Å². The molecule has 0 spiro atoms. The van der Waals surface area contributed by atoms with Crippen LogP contribution in [0.2, 0.25) is 0 Å². The summed E-state index contributed by atoms with van der Waals surface area (Å²) in [6.45, 7) is -0.610. The molecule has 0 aliphatic heterocycles. The number of esters is 1. The summed E-state index contributed by atoms with van der Waals surface area (Å²) in [5.74, 6) is -1.40. The van der Waals surface area contributed by atoms with E-state index < -0.39 is 24.3 Å². The standard InChI is InChI=1S/C25H19NO7/c1-31-14-10-11-20(32-2)19(12-14)26-21(27)13-33-25(30)18-9-5-8-17-22(18)24(29)16-7-4-3-6-15(16)23(17)28/h3-12H,13H2,1-2H3,(H,26,27). The molecule has 0 saturated heterocycles. The van der Waals surface area contributed by atoms with Crippen molar-refractivity contribution < 1.29 is 33.4 Å². The van der Waals surface area contributed by atoms with Crippen molar-refractivity contribution in [3.8, 4) is 11.5 Å². The third-order valence-electron chi connectivity index (χ3n) is 5.19. The minimum atomic E-state index is -0.889. The van der Waals surface area contributed by atoms with E-state index in [1.54, 1.807) is 36.4 Å². The van der Waals surface area contributed by atoms with Crippen LogP contribution in [0.3, 0.4) is 0 Å². The molecule has 1 N–H and O–H groups in total. The van der Waals surface area contributed by atoms with Gasteiger partial charge in [0.1, 0.15) is 11.5 Å². The monoisotopic (exact) mass is 445 g/mol. The number of hydrogen-bond acceptors (Lipinski definition) is 7. The number of amides is 1. The van der Waals surface area contributed by atoms with E-state index in [4.69, 9.17) is 14.2 Å². The first kappa shape index (κ1) is 21.8. The topological polar surface area (TPSA) is 108 Å². The summed E-state index contributed by atoms with van der Waals surface area (Å²) >= 11 is 0. The van der Waals surface area contributed by atoms with Crippen LogP contribution in [0.1, 0.15) is 42.2 Å². The highest BCUT2D eigenvalue weighted by molar-refractivity contribution is 6.30. The maximum atomic E-state index is 13.0. The molecule has 33 heavy (non-hydrogen) atoms. The van der Waals surface area contributed by atoms with Gasteiger partial charge in [-0.25, -0.2) is 4.79 Å². The van der Waals surface area contributed by atoms with Crippen molar-refractivity contribution in [2.24, 2.45) is 0 Å². The number of carbonyl (C=O) groups is 4. The summed E-state index contributed by atoms with van der Waals surface area (Å²) < 4.78 is 15.5. The van der Waals surface area contributed by atoms with Gasteiger partial charge in [-0.05, 0) is 18.2 Å². The van der Waals surface area contributed by atoms with Gasteiger partial charge in [-0.1, -0.05) is 36.4 Å². The first-order chi connectivity index (χ1) is 15.9. The van der Waals surface area contributed by atoms with Crippen molar-refractivity contribution in [3.05, 3.63) is 88.5 Å². The number of methoxy groups -OCH3 is 2. The fourth-order valence-corrected chi connectivity index (χ4v) is 3.62. The Morgan fingerprint density at radius 3 is 2.21 bits per heavy atom.